The van der Waals surface area contributed by atoms with E-state index in [-0.39, 0.29) is 31.5 Å². The maximum absolute atomic E-state index is 13.5. The Labute approximate surface area is 453 Å². The molecule has 3 atom stereocenters. The van der Waals surface area contributed by atoms with Crippen LogP contribution in [0.25, 0.3) is 0 Å². The Morgan fingerprint density at radius 3 is 1.26 bits per heavy atom. The number of carbonyl (C=O) groups excluding carboxylic acids is 2. The van der Waals surface area contributed by atoms with Crippen molar-refractivity contribution in [3.05, 3.63) is 36.5 Å². The molecule has 0 aromatic heterocycles. The van der Waals surface area contributed by atoms with Gasteiger partial charge in [-0.05, 0) is 63.9 Å². The molecule has 0 rings (SSSR count). The molecule has 9 nitrogen and oxygen atoms in total. The highest BCUT2D eigenvalue weighted by Crippen LogP contribution is 2.43. The lowest BCUT2D eigenvalue weighted by Crippen LogP contribution is -2.47. The van der Waals surface area contributed by atoms with E-state index in [0.29, 0.717) is 17.4 Å². The van der Waals surface area contributed by atoms with Crippen molar-refractivity contribution < 1.29 is 37.3 Å². The maximum Gasteiger partial charge on any atom is 0.472 e. The first-order chi connectivity index (χ1) is 35.4. The summed E-state index contributed by atoms with van der Waals surface area (Å²) in [5, 5.41) is 3.06. The molecule has 430 valence electrons. The zero-order valence-electron chi connectivity index (χ0n) is 49.1. The van der Waals surface area contributed by atoms with Gasteiger partial charge >= 0.3 is 13.8 Å². The van der Waals surface area contributed by atoms with Gasteiger partial charge in [0, 0.05) is 12.8 Å². The minimum absolute atomic E-state index is 0.0411. The Bertz CT molecular complexity index is 1350. The molecule has 0 aliphatic carbocycles. The second-order valence-corrected chi connectivity index (χ2v) is 24.0. The van der Waals surface area contributed by atoms with E-state index in [0.717, 1.165) is 77.0 Å². The molecule has 2 N–H and O–H groups in total. The Kier molecular flexibility index (Phi) is 52.3. The highest BCUT2D eigenvalue weighted by atomic mass is 31.2. The van der Waals surface area contributed by atoms with Crippen LogP contribution in [0.4, 0.5) is 0 Å². The lowest BCUT2D eigenvalue weighted by atomic mass is 10.0. The van der Waals surface area contributed by atoms with Gasteiger partial charge < -0.3 is 19.4 Å². The Morgan fingerprint density at radius 1 is 0.479 bits per heavy atom. The predicted molar refractivity (Wildman–Crippen MR) is 314 cm³/mol. The van der Waals surface area contributed by atoms with Crippen LogP contribution in [0.1, 0.15) is 303 Å². The summed E-state index contributed by atoms with van der Waals surface area (Å²) < 4.78 is 30.7. The summed E-state index contributed by atoms with van der Waals surface area (Å²) in [5.41, 5.74) is 0. The van der Waals surface area contributed by atoms with Crippen molar-refractivity contribution >= 4 is 19.7 Å². The fourth-order valence-electron chi connectivity index (χ4n) is 9.21. The molecule has 1 amide bonds. The molecule has 0 bridgehead atoms. The lowest BCUT2D eigenvalue weighted by Gasteiger charge is -2.27. The first-order valence-electron chi connectivity index (χ1n) is 31.3. The van der Waals surface area contributed by atoms with Gasteiger partial charge in [0.25, 0.3) is 0 Å². The SMILES string of the molecule is CCCCC/C=C\C/C=C\CCCCCCCCCC(=O)OC(/C=C/CCCCCCCCCCC)C(COP(=O)(O)OCC[N+](C)(C)C)NC(=O)CCCCCCCCCCCCCCCCCCCCC. The average molecular weight is 1050 g/mol. The van der Waals surface area contributed by atoms with Crippen molar-refractivity contribution in [2.24, 2.45) is 0 Å². The second-order valence-electron chi connectivity index (χ2n) is 22.6. The van der Waals surface area contributed by atoms with Crippen LogP contribution < -0.4 is 5.32 Å². The Hall–Kier alpha value is -1.77. The van der Waals surface area contributed by atoms with Crippen molar-refractivity contribution in [3.63, 3.8) is 0 Å². The molecule has 0 saturated heterocycles. The summed E-state index contributed by atoms with van der Waals surface area (Å²) in [6.07, 6.45) is 64.2. The number of carbonyl (C=O) groups is 2. The minimum Gasteiger partial charge on any atom is -0.456 e. The van der Waals surface area contributed by atoms with Gasteiger partial charge in [-0.3, -0.25) is 18.6 Å². The van der Waals surface area contributed by atoms with E-state index in [1.165, 1.54) is 193 Å². The number of unbranched alkanes of at least 4 members (excludes halogenated alkanes) is 37. The minimum atomic E-state index is -4.44. The van der Waals surface area contributed by atoms with Crippen molar-refractivity contribution in [2.75, 3.05) is 40.9 Å². The number of hydrogen-bond donors (Lipinski definition) is 2. The summed E-state index contributed by atoms with van der Waals surface area (Å²) in [5.74, 6) is -0.501. The monoisotopic (exact) mass is 1050 g/mol. The summed E-state index contributed by atoms with van der Waals surface area (Å²) in [7, 11) is 1.50. The number of phosphoric ester groups is 1. The van der Waals surface area contributed by atoms with Crippen molar-refractivity contribution in [1.82, 2.24) is 5.32 Å². The largest absolute Gasteiger partial charge is 0.472 e. The molecule has 73 heavy (non-hydrogen) atoms. The quantitative estimate of drug-likeness (QED) is 0.0205. The summed E-state index contributed by atoms with van der Waals surface area (Å²) >= 11 is 0. The third-order valence-electron chi connectivity index (χ3n) is 14.1. The zero-order chi connectivity index (χ0) is 53.6. The number of likely N-dealkylation sites (N-methyl/N-ethyl adjacent to an activating group) is 1. The Morgan fingerprint density at radius 2 is 0.836 bits per heavy atom. The molecule has 0 heterocycles. The van der Waals surface area contributed by atoms with Crippen LogP contribution >= 0.6 is 7.82 Å². The summed E-state index contributed by atoms with van der Waals surface area (Å²) in [4.78, 5) is 37.7. The standard InChI is InChI=1S/C63H121N2O7P/c1-7-10-13-16-19-22-25-27-29-31-32-34-35-37-40-43-46-49-52-55-62(66)64-60(59-71-73(68,69)70-58-57-65(4,5)6)61(54-51-48-45-42-39-24-21-18-15-12-9-3)72-63(67)56-53-50-47-44-41-38-36-33-30-28-26-23-20-17-14-11-8-2/h20,23,28,30,51,54,60-61H,7-19,21-22,24-27,29,31-50,52-53,55-59H2,1-6H3,(H-,64,66,68,69)/p+1/b23-20-,30-28-,54-51+. The number of esters is 1. The fraction of sp³-hybridized carbons (Fsp3) is 0.873. The number of allylic oxidation sites excluding steroid dienone is 5. The van der Waals surface area contributed by atoms with Crippen molar-refractivity contribution in [2.45, 2.75) is 315 Å². The zero-order valence-corrected chi connectivity index (χ0v) is 50.0. The van der Waals surface area contributed by atoms with Gasteiger partial charge in [-0.1, -0.05) is 263 Å². The molecule has 0 fully saturated rings. The van der Waals surface area contributed by atoms with Crippen LogP contribution in [0.5, 0.6) is 0 Å². The van der Waals surface area contributed by atoms with Gasteiger partial charge in [-0.2, -0.15) is 0 Å². The van der Waals surface area contributed by atoms with Gasteiger partial charge in [0.2, 0.25) is 5.91 Å². The van der Waals surface area contributed by atoms with Gasteiger partial charge in [0.15, 0.2) is 0 Å². The number of ether oxygens (including phenoxy) is 1. The molecule has 10 heteroatoms. The van der Waals surface area contributed by atoms with E-state index >= 15 is 0 Å². The van der Waals surface area contributed by atoms with E-state index in [2.05, 4.69) is 50.4 Å². The van der Waals surface area contributed by atoms with Crippen molar-refractivity contribution in [3.8, 4) is 0 Å². The van der Waals surface area contributed by atoms with Crippen LogP contribution in [0.15, 0.2) is 36.5 Å². The number of amides is 1. The maximum atomic E-state index is 13.5. The number of hydrogen-bond acceptors (Lipinski definition) is 6. The molecule has 0 saturated carbocycles. The fourth-order valence-corrected chi connectivity index (χ4v) is 9.94. The smallest absolute Gasteiger partial charge is 0.456 e. The lowest BCUT2D eigenvalue weighted by molar-refractivity contribution is -0.870. The van der Waals surface area contributed by atoms with Crippen molar-refractivity contribution in [1.29, 1.82) is 0 Å². The van der Waals surface area contributed by atoms with E-state index < -0.39 is 20.0 Å². The molecule has 0 spiro atoms. The van der Waals surface area contributed by atoms with Gasteiger partial charge in [0.05, 0.1) is 33.8 Å². The van der Waals surface area contributed by atoms with Crippen LogP contribution in [0.3, 0.4) is 0 Å². The van der Waals surface area contributed by atoms with Crippen LogP contribution in [0.2, 0.25) is 0 Å². The average Bonchev–Trinajstić information content (AvgIpc) is 3.35. The van der Waals surface area contributed by atoms with E-state index in [1.807, 2.05) is 33.3 Å². The van der Waals surface area contributed by atoms with Crippen LogP contribution in [0, 0.1) is 0 Å². The summed E-state index contributed by atoms with van der Waals surface area (Å²) in [6, 6.07) is -0.847. The highest BCUT2D eigenvalue weighted by Gasteiger charge is 2.30. The summed E-state index contributed by atoms with van der Waals surface area (Å²) in [6.45, 7) is 7.01. The van der Waals surface area contributed by atoms with Gasteiger partial charge in [-0.25, -0.2) is 4.57 Å². The molecule has 0 aliphatic heterocycles. The van der Waals surface area contributed by atoms with E-state index in [9.17, 15) is 19.0 Å². The third-order valence-corrected chi connectivity index (χ3v) is 15.1. The molecule has 0 aromatic rings. The van der Waals surface area contributed by atoms with E-state index in [1.54, 1.807) is 0 Å². The molecular weight excluding hydrogens is 928 g/mol. The highest BCUT2D eigenvalue weighted by molar-refractivity contribution is 7.47. The molecule has 0 radical (unpaired) electrons. The number of nitrogens with one attached hydrogen (secondary N) is 1. The third kappa shape index (κ3) is 54.8. The molecule has 3 unspecified atom stereocenters. The van der Waals surface area contributed by atoms with Gasteiger partial charge in [-0.15, -0.1) is 0 Å². The topological polar surface area (TPSA) is 111 Å². The number of nitrogens with zero attached hydrogens (tertiary/aromatic N) is 1. The Balaban J connectivity index is 5.19. The normalized spacial score (nSPS) is 13.9. The predicted octanol–water partition coefficient (Wildman–Crippen LogP) is 19.1. The van der Waals surface area contributed by atoms with Crippen LogP contribution in [-0.4, -0.2) is 74.3 Å². The first-order valence-corrected chi connectivity index (χ1v) is 32.8. The second kappa shape index (κ2) is 53.6. The van der Waals surface area contributed by atoms with E-state index in [4.69, 9.17) is 13.8 Å². The number of rotatable bonds is 57. The molecule has 0 aliphatic rings. The molecule has 0 aromatic carbocycles. The molecular formula is C63H122N2O7P+. The van der Waals surface area contributed by atoms with Crippen LogP contribution in [-0.2, 0) is 27.9 Å². The van der Waals surface area contributed by atoms with Gasteiger partial charge in [0.1, 0.15) is 19.3 Å². The number of quaternary nitrogens is 1. The number of phosphoric acid groups is 1. The first kappa shape index (κ1) is 71.2.